The second kappa shape index (κ2) is 4.43. The number of nitrogens with two attached hydrogens (primary N) is 1. The van der Waals surface area contributed by atoms with Crippen LogP contribution in [0.2, 0.25) is 0 Å². The monoisotopic (exact) mass is 233 g/mol. The third-order valence-electron chi connectivity index (χ3n) is 4.01. The maximum Gasteiger partial charge on any atom is 0.0553 e. The Morgan fingerprint density at radius 1 is 1.35 bits per heavy atom. The minimum atomic E-state index is 0.0649. The summed E-state index contributed by atoms with van der Waals surface area (Å²) in [7, 11) is 1.76. The Kier molecular flexibility index (Phi) is 3.28. The van der Waals surface area contributed by atoms with Gasteiger partial charge < -0.3 is 10.5 Å². The van der Waals surface area contributed by atoms with Crippen molar-refractivity contribution in [1.29, 1.82) is 0 Å². The molecule has 1 aliphatic carbocycles. The van der Waals surface area contributed by atoms with E-state index in [1.54, 1.807) is 7.11 Å². The summed E-state index contributed by atoms with van der Waals surface area (Å²) in [6.45, 7) is 5.95. The van der Waals surface area contributed by atoms with Gasteiger partial charge in [0.05, 0.1) is 6.61 Å². The molecule has 2 N–H and O–H groups in total. The van der Waals surface area contributed by atoms with Crippen LogP contribution in [-0.2, 0) is 15.6 Å². The summed E-state index contributed by atoms with van der Waals surface area (Å²) in [4.78, 5) is 0. The molecule has 2 nitrogen and oxygen atoms in total. The molecule has 1 aliphatic rings. The van der Waals surface area contributed by atoms with Crippen LogP contribution in [0.15, 0.2) is 24.3 Å². The van der Waals surface area contributed by atoms with Gasteiger partial charge in [-0.25, -0.2) is 0 Å². The Bertz CT molecular complexity index is 394. The van der Waals surface area contributed by atoms with Crippen LogP contribution in [0.5, 0.6) is 0 Å². The van der Waals surface area contributed by atoms with Gasteiger partial charge in [0.1, 0.15) is 0 Å². The zero-order valence-electron chi connectivity index (χ0n) is 11.1. The van der Waals surface area contributed by atoms with E-state index in [1.807, 2.05) is 0 Å². The van der Waals surface area contributed by atoms with Crippen molar-refractivity contribution in [3.63, 3.8) is 0 Å². The molecule has 0 saturated heterocycles. The van der Waals surface area contributed by atoms with E-state index in [1.165, 1.54) is 24.0 Å². The summed E-state index contributed by atoms with van der Waals surface area (Å²) < 4.78 is 5.30. The third-order valence-corrected chi connectivity index (χ3v) is 4.01. The average molecular weight is 233 g/mol. The lowest BCUT2D eigenvalue weighted by molar-refractivity contribution is 0.146. The predicted octanol–water partition coefficient (Wildman–Crippen LogP) is 2.60. The van der Waals surface area contributed by atoms with Crippen LogP contribution >= 0.6 is 0 Å². The minimum Gasteiger partial charge on any atom is -0.384 e. The Morgan fingerprint density at radius 2 is 2.06 bits per heavy atom. The first-order chi connectivity index (χ1) is 8.04. The van der Waals surface area contributed by atoms with Crippen molar-refractivity contribution in [2.24, 2.45) is 5.73 Å². The zero-order chi connectivity index (χ0) is 12.5. The lowest BCUT2D eigenvalue weighted by Crippen LogP contribution is -2.25. The highest BCUT2D eigenvalue weighted by Gasteiger charge is 2.43. The van der Waals surface area contributed by atoms with Gasteiger partial charge in [0.25, 0.3) is 0 Å². The van der Waals surface area contributed by atoms with E-state index in [0.29, 0.717) is 0 Å². The topological polar surface area (TPSA) is 35.2 Å². The number of methoxy groups -OCH3 is 1. The second-order valence-electron chi connectivity index (χ2n) is 5.88. The maximum absolute atomic E-state index is 5.89. The lowest BCUT2D eigenvalue weighted by atomic mass is 9.82. The molecule has 17 heavy (non-hydrogen) atoms. The minimum absolute atomic E-state index is 0.0649. The van der Waals surface area contributed by atoms with E-state index in [9.17, 15) is 0 Å². The molecule has 0 heterocycles. The summed E-state index contributed by atoms with van der Waals surface area (Å²) in [5.74, 6) is 0. The van der Waals surface area contributed by atoms with Gasteiger partial charge in [-0.2, -0.15) is 0 Å². The predicted molar refractivity (Wildman–Crippen MR) is 71.3 cm³/mol. The smallest absolute Gasteiger partial charge is 0.0553 e. The first-order valence-electron chi connectivity index (χ1n) is 6.34. The highest BCUT2D eigenvalue weighted by atomic mass is 16.5. The van der Waals surface area contributed by atoms with Gasteiger partial charge in [-0.05, 0) is 24.0 Å². The molecule has 0 amide bonds. The molecule has 0 aromatic heterocycles. The van der Waals surface area contributed by atoms with Crippen LogP contribution in [-0.4, -0.2) is 20.3 Å². The molecule has 1 fully saturated rings. The van der Waals surface area contributed by atoms with Gasteiger partial charge in [0.15, 0.2) is 0 Å². The third kappa shape index (κ3) is 2.38. The molecule has 0 bridgehead atoms. The summed E-state index contributed by atoms with van der Waals surface area (Å²) in [5, 5.41) is 0. The van der Waals surface area contributed by atoms with Crippen LogP contribution in [0.1, 0.15) is 37.8 Å². The van der Waals surface area contributed by atoms with Gasteiger partial charge in [-0.15, -0.1) is 0 Å². The largest absolute Gasteiger partial charge is 0.384 e. The number of rotatable bonds is 5. The van der Waals surface area contributed by atoms with Crippen LogP contribution in [0, 0.1) is 0 Å². The van der Waals surface area contributed by atoms with Crippen LogP contribution < -0.4 is 5.73 Å². The number of ether oxygens (including phenoxy) is 1. The molecule has 0 aliphatic heterocycles. The van der Waals surface area contributed by atoms with Gasteiger partial charge >= 0.3 is 0 Å². The van der Waals surface area contributed by atoms with Gasteiger partial charge in [0.2, 0.25) is 0 Å². The van der Waals surface area contributed by atoms with E-state index < -0.39 is 0 Å². The van der Waals surface area contributed by atoms with Crippen molar-refractivity contribution < 1.29 is 4.74 Å². The van der Waals surface area contributed by atoms with Crippen molar-refractivity contribution in [1.82, 2.24) is 0 Å². The van der Waals surface area contributed by atoms with E-state index in [-0.39, 0.29) is 10.8 Å². The quantitative estimate of drug-likeness (QED) is 0.848. The molecule has 0 spiro atoms. The molecule has 0 unspecified atom stereocenters. The number of hydrogen-bond donors (Lipinski definition) is 1. The van der Waals surface area contributed by atoms with E-state index in [0.717, 1.165) is 13.2 Å². The number of hydrogen-bond acceptors (Lipinski definition) is 2. The second-order valence-corrected chi connectivity index (χ2v) is 5.88. The standard InChI is InChI=1S/C15H23NO/c1-14(2,11-17-3)12-5-4-6-13(9-12)15(10-16)7-8-15/h4-6,9H,7-8,10-11,16H2,1-3H3. The van der Waals surface area contributed by atoms with E-state index in [4.69, 9.17) is 10.5 Å². The summed E-state index contributed by atoms with van der Waals surface area (Å²) in [6, 6.07) is 8.87. The Labute approximate surface area is 104 Å². The maximum atomic E-state index is 5.89. The molecule has 1 aromatic carbocycles. The average Bonchev–Trinajstić information content (AvgIpc) is 3.10. The van der Waals surface area contributed by atoms with Gasteiger partial charge in [-0.3, -0.25) is 0 Å². The fraction of sp³-hybridized carbons (Fsp3) is 0.600. The molecule has 94 valence electrons. The fourth-order valence-corrected chi connectivity index (χ4v) is 2.48. The number of benzene rings is 1. The molecule has 2 heteroatoms. The van der Waals surface area contributed by atoms with E-state index in [2.05, 4.69) is 38.1 Å². The highest BCUT2D eigenvalue weighted by molar-refractivity contribution is 5.37. The van der Waals surface area contributed by atoms with Gasteiger partial charge in [0, 0.05) is 24.5 Å². The molecule has 0 atom stereocenters. The Morgan fingerprint density at radius 3 is 2.59 bits per heavy atom. The zero-order valence-corrected chi connectivity index (χ0v) is 11.1. The first-order valence-corrected chi connectivity index (χ1v) is 6.34. The molecular weight excluding hydrogens is 210 g/mol. The van der Waals surface area contributed by atoms with Crippen molar-refractivity contribution in [3.05, 3.63) is 35.4 Å². The van der Waals surface area contributed by atoms with Crippen LogP contribution in [0.4, 0.5) is 0 Å². The van der Waals surface area contributed by atoms with Crippen LogP contribution in [0.25, 0.3) is 0 Å². The van der Waals surface area contributed by atoms with Crippen molar-refractivity contribution >= 4 is 0 Å². The molecular formula is C15H23NO. The SMILES string of the molecule is COCC(C)(C)c1cccc(C2(CN)CC2)c1. The first kappa shape index (κ1) is 12.6. The van der Waals surface area contributed by atoms with Crippen molar-refractivity contribution in [3.8, 4) is 0 Å². The van der Waals surface area contributed by atoms with Crippen molar-refractivity contribution in [2.45, 2.75) is 37.5 Å². The Balaban J connectivity index is 2.29. The lowest BCUT2D eigenvalue weighted by Gasteiger charge is -2.26. The fourth-order valence-electron chi connectivity index (χ4n) is 2.48. The molecule has 2 rings (SSSR count). The summed E-state index contributed by atoms with van der Waals surface area (Å²) >= 11 is 0. The van der Waals surface area contributed by atoms with Crippen LogP contribution in [0.3, 0.4) is 0 Å². The molecule has 0 radical (unpaired) electrons. The Hall–Kier alpha value is -0.860. The van der Waals surface area contributed by atoms with E-state index >= 15 is 0 Å². The highest BCUT2D eigenvalue weighted by Crippen LogP contribution is 2.47. The van der Waals surface area contributed by atoms with Crippen molar-refractivity contribution in [2.75, 3.05) is 20.3 Å². The van der Waals surface area contributed by atoms with Gasteiger partial charge in [-0.1, -0.05) is 38.1 Å². The normalized spacial score (nSPS) is 18.1. The summed E-state index contributed by atoms with van der Waals surface area (Å²) in [6.07, 6.45) is 2.47. The molecule has 1 aromatic rings. The summed E-state index contributed by atoms with van der Waals surface area (Å²) in [5.41, 5.74) is 8.98. The molecule has 1 saturated carbocycles.